The maximum Gasteiger partial charge on any atom is 0.112 e. The highest BCUT2D eigenvalue weighted by molar-refractivity contribution is 6.30. The highest BCUT2D eigenvalue weighted by Gasteiger charge is 2.22. The molecule has 0 aliphatic carbocycles. The second-order valence-electron chi connectivity index (χ2n) is 4.56. The van der Waals surface area contributed by atoms with Gasteiger partial charge in [0.05, 0.1) is 0 Å². The van der Waals surface area contributed by atoms with Crippen LogP contribution in [0.25, 0.3) is 0 Å². The Kier molecular flexibility index (Phi) is 4.59. The third-order valence-corrected chi connectivity index (χ3v) is 3.41. The second-order valence-corrected chi connectivity index (χ2v) is 5.00. The number of ether oxygens (including phenoxy) is 1. The Balaban J connectivity index is 2.26. The smallest absolute Gasteiger partial charge is 0.112 e. The number of benzene rings is 2. The number of halogens is 1. The maximum absolute atomic E-state index is 10.4. The van der Waals surface area contributed by atoms with Gasteiger partial charge in [-0.05, 0) is 30.2 Å². The van der Waals surface area contributed by atoms with Crippen LogP contribution in [0.15, 0.2) is 48.5 Å². The Bertz CT molecular complexity index is 519. The summed E-state index contributed by atoms with van der Waals surface area (Å²) in [5.41, 5.74) is 2.92. The molecule has 0 aliphatic rings. The van der Waals surface area contributed by atoms with Crippen LogP contribution in [-0.2, 0) is 4.74 Å². The monoisotopic (exact) mass is 276 g/mol. The van der Waals surface area contributed by atoms with Crippen molar-refractivity contribution in [1.82, 2.24) is 0 Å². The third-order valence-electron chi connectivity index (χ3n) is 3.16. The minimum Gasteiger partial charge on any atom is -0.385 e. The van der Waals surface area contributed by atoms with Gasteiger partial charge in [0.2, 0.25) is 0 Å². The van der Waals surface area contributed by atoms with Crippen LogP contribution >= 0.6 is 11.6 Å². The predicted octanol–water partition coefficient (Wildman–Crippen LogP) is 4.07. The summed E-state index contributed by atoms with van der Waals surface area (Å²) in [4.78, 5) is 0. The molecule has 0 saturated heterocycles. The molecule has 2 rings (SSSR count). The molecule has 2 aromatic carbocycles. The van der Waals surface area contributed by atoms with E-state index in [1.54, 1.807) is 19.2 Å². The second kappa shape index (κ2) is 6.20. The lowest BCUT2D eigenvalue weighted by molar-refractivity contribution is -0.0149. The Morgan fingerprint density at radius 3 is 2.00 bits per heavy atom. The van der Waals surface area contributed by atoms with Gasteiger partial charge in [0.15, 0.2) is 0 Å². The summed E-state index contributed by atoms with van der Waals surface area (Å²) in [5.74, 6) is 0. The molecule has 0 fully saturated rings. The molecule has 0 bridgehead atoms. The first kappa shape index (κ1) is 14.1. The first-order chi connectivity index (χ1) is 9.11. The number of hydrogen-bond acceptors (Lipinski definition) is 2. The van der Waals surface area contributed by atoms with Crippen molar-refractivity contribution in [3.05, 3.63) is 70.2 Å². The molecule has 0 aliphatic heterocycles. The van der Waals surface area contributed by atoms with Crippen LogP contribution in [0.3, 0.4) is 0 Å². The molecule has 1 N–H and O–H groups in total. The van der Waals surface area contributed by atoms with Crippen molar-refractivity contribution in [1.29, 1.82) is 0 Å². The quantitative estimate of drug-likeness (QED) is 0.912. The van der Waals surface area contributed by atoms with E-state index in [0.717, 1.165) is 11.1 Å². The van der Waals surface area contributed by atoms with E-state index in [-0.39, 0.29) is 6.10 Å². The Morgan fingerprint density at radius 2 is 1.47 bits per heavy atom. The van der Waals surface area contributed by atoms with Crippen LogP contribution in [0.5, 0.6) is 0 Å². The normalized spacial score (nSPS) is 14.1. The summed E-state index contributed by atoms with van der Waals surface area (Å²) in [6.45, 7) is 2.03. The number of aliphatic hydroxyl groups is 1. The molecular formula is C16H17ClO2. The molecule has 0 amide bonds. The zero-order valence-corrected chi connectivity index (χ0v) is 11.8. The molecule has 3 heteroatoms. The van der Waals surface area contributed by atoms with E-state index in [1.165, 1.54) is 5.56 Å². The number of hydrogen-bond donors (Lipinski definition) is 1. The molecule has 2 nitrogen and oxygen atoms in total. The van der Waals surface area contributed by atoms with Crippen molar-refractivity contribution in [2.24, 2.45) is 0 Å². The van der Waals surface area contributed by atoms with E-state index >= 15 is 0 Å². The number of rotatable bonds is 4. The predicted molar refractivity (Wildman–Crippen MR) is 77.3 cm³/mol. The zero-order chi connectivity index (χ0) is 13.8. The van der Waals surface area contributed by atoms with Gasteiger partial charge in [0, 0.05) is 12.1 Å². The highest BCUT2D eigenvalue weighted by Crippen LogP contribution is 2.32. The summed E-state index contributed by atoms with van der Waals surface area (Å²) >= 11 is 5.85. The molecule has 0 saturated carbocycles. The molecule has 100 valence electrons. The summed E-state index contributed by atoms with van der Waals surface area (Å²) in [7, 11) is 1.60. The Labute approximate surface area is 118 Å². The minimum atomic E-state index is -0.718. The van der Waals surface area contributed by atoms with E-state index in [4.69, 9.17) is 16.3 Å². The van der Waals surface area contributed by atoms with Gasteiger partial charge in [0.25, 0.3) is 0 Å². The van der Waals surface area contributed by atoms with Crippen molar-refractivity contribution in [3.8, 4) is 0 Å². The molecule has 19 heavy (non-hydrogen) atoms. The summed E-state index contributed by atoms with van der Waals surface area (Å²) in [5, 5.41) is 11.1. The lowest BCUT2D eigenvalue weighted by atomic mass is 9.97. The van der Waals surface area contributed by atoms with E-state index in [1.807, 2.05) is 43.3 Å². The first-order valence-corrected chi connectivity index (χ1v) is 6.52. The van der Waals surface area contributed by atoms with Gasteiger partial charge in [-0.1, -0.05) is 53.6 Å². The standard InChI is InChI=1S/C16H17ClO2/c1-11-3-5-13(6-4-11)16(19-2)15(18)12-7-9-14(17)10-8-12/h3-10,15-16,18H,1-2H3/t15-,16-/m1/s1. The summed E-state index contributed by atoms with van der Waals surface area (Å²) in [6, 6.07) is 15.1. The SMILES string of the molecule is CO[C@H](c1ccc(C)cc1)[C@H](O)c1ccc(Cl)cc1. The largest absolute Gasteiger partial charge is 0.385 e. The van der Waals surface area contributed by atoms with E-state index < -0.39 is 6.10 Å². The van der Waals surface area contributed by atoms with Crippen LogP contribution < -0.4 is 0 Å². The van der Waals surface area contributed by atoms with E-state index in [2.05, 4.69) is 0 Å². The van der Waals surface area contributed by atoms with E-state index in [9.17, 15) is 5.11 Å². The van der Waals surface area contributed by atoms with Gasteiger partial charge >= 0.3 is 0 Å². The van der Waals surface area contributed by atoms with Crippen molar-refractivity contribution < 1.29 is 9.84 Å². The van der Waals surface area contributed by atoms with Crippen LogP contribution in [-0.4, -0.2) is 12.2 Å². The molecule has 0 aromatic heterocycles. The van der Waals surface area contributed by atoms with E-state index in [0.29, 0.717) is 5.02 Å². The molecule has 0 unspecified atom stereocenters. The summed E-state index contributed by atoms with van der Waals surface area (Å²) in [6.07, 6.45) is -1.10. The van der Waals surface area contributed by atoms with Gasteiger partial charge < -0.3 is 9.84 Å². The number of aryl methyl sites for hydroxylation is 1. The first-order valence-electron chi connectivity index (χ1n) is 6.14. The zero-order valence-electron chi connectivity index (χ0n) is 11.0. The average molecular weight is 277 g/mol. The molecule has 2 atom stereocenters. The molecule has 0 radical (unpaired) electrons. The average Bonchev–Trinajstić information content (AvgIpc) is 2.42. The number of aliphatic hydroxyl groups excluding tert-OH is 1. The van der Waals surface area contributed by atoms with Gasteiger partial charge in [-0.3, -0.25) is 0 Å². The molecule has 0 spiro atoms. The lowest BCUT2D eigenvalue weighted by Gasteiger charge is -2.22. The fraction of sp³-hybridized carbons (Fsp3) is 0.250. The highest BCUT2D eigenvalue weighted by atomic mass is 35.5. The van der Waals surface area contributed by atoms with Crippen molar-refractivity contribution in [2.75, 3.05) is 7.11 Å². The fourth-order valence-electron chi connectivity index (χ4n) is 2.04. The number of methoxy groups -OCH3 is 1. The molecule has 0 heterocycles. The van der Waals surface area contributed by atoms with Crippen molar-refractivity contribution in [3.63, 3.8) is 0 Å². The van der Waals surface area contributed by atoms with Crippen molar-refractivity contribution >= 4 is 11.6 Å². The lowest BCUT2D eigenvalue weighted by Crippen LogP contribution is -2.12. The van der Waals surface area contributed by atoms with Gasteiger partial charge in [-0.2, -0.15) is 0 Å². The Morgan fingerprint density at radius 1 is 0.947 bits per heavy atom. The Hall–Kier alpha value is -1.35. The molecular weight excluding hydrogens is 260 g/mol. The van der Waals surface area contributed by atoms with Gasteiger partial charge in [0.1, 0.15) is 12.2 Å². The van der Waals surface area contributed by atoms with Gasteiger partial charge in [-0.25, -0.2) is 0 Å². The molecule has 2 aromatic rings. The minimum absolute atomic E-state index is 0.387. The van der Waals surface area contributed by atoms with Crippen LogP contribution in [0.2, 0.25) is 5.02 Å². The van der Waals surface area contributed by atoms with Crippen LogP contribution in [0, 0.1) is 6.92 Å². The van der Waals surface area contributed by atoms with Gasteiger partial charge in [-0.15, -0.1) is 0 Å². The van der Waals surface area contributed by atoms with Crippen molar-refractivity contribution in [2.45, 2.75) is 19.1 Å². The fourth-order valence-corrected chi connectivity index (χ4v) is 2.16. The maximum atomic E-state index is 10.4. The van der Waals surface area contributed by atoms with Crippen LogP contribution in [0.1, 0.15) is 28.9 Å². The summed E-state index contributed by atoms with van der Waals surface area (Å²) < 4.78 is 5.44. The topological polar surface area (TPSA) is 29.5 Å². The third kappa shape index (κ3) is 3.35. The van der Waals surface area contributed by atoms with Crippen LogP contribution in [0.4, 0.5) is 0 Å².